The zero-order valence-corrected chi connectivity index (χ0v) is 10.6. The van der Waals surface area contributed by atoms with E-state index >= 15 is 0 Å². The molecule has 2 saturated carbocycles. The van der Waals surface area contributed by atoms with Crippen molar-refractivity contribution in [3.8, 4) is 0 Å². The van der Waals surface area contributed by atoms with E-state index in [0.717, 1.165) is 19.3 Å². The molecular formula is C12H13IO2. The smallest absolute Gasteiger partial charge is 0.310 e. The van der Waals surface area contributed by atoms with Crippen LogP contribution >= 0.6 is 22.6 Å². The Morgan fingerprint density at radius 2 is 1.93 bits per heavy atom. The molecule has 0 aromatic rings. The van der Waals surface area contributed by atoms with Crippen LogP contribution in [0.4, 0.5) is 0 Å². The number of esters is 1. The molecule has 0 unspecified atom stereocenters. The first-order chi connectivity index (χ1) is 7.20. The summed E-state index contributed by atoms with van der Waals surface area (Å²) in [4.78, 5) is 11.9. The van der Waals surface area contributed by atoms with Gasteiger partial charge in [0, 0.05) is 3.92 Å². The van der Waals surface area contributed by atoms with Crippen LogP contribution in [-0.4, -0.2) is 16.0 Å². The maximum atomic E-state index is 11.9. The highest BCUT2D eigenvalue weighted by Crippen LogP contribution is 2.82. The van der Waals surface area contributed by atoms with Crippen molar-refractivity contribution in [3.63, 3.8) is 0 Å². The summed E-state index contributed by atoms with van der Waals surface area (Å²) in [5, 5.41) is 0. The van der Waals surface area contributed by atoms with Crippen molar-refractivity contribution < 1.29 is 9.53 Å². The van der Waals surface area contributed by atoms with Crippen molar-refractivity contribution in [1.29, 1.82) is 0 Å². The Morgan fingerprint density at radius 3 is 2.67 bits per heavy atom. The first-order valence-corrected chi connectivity index (χ1v) is 6.94. The van der Waals surface area contributed by atoms with Gasteiger partial charge in [0.05, 0.1) is 5.92 Å². The molecule has 80 valence electrons. The fraction of sp³-hybridized carbons (Fsp3) is 0.750. The van der Waals surface area contributed by atoms with Gasteiger partial charge >= 0.3 is 5.97 Å². The molecule has 0 N–H and O–H groups in total. The summed E-state index contributed by atoms with van der Waals surface area (Å²) in [6.07, 6.45) is 9.31. The Labute approximate surface area is 103 Å². The normalized spacial score (nSPS) is 59.5. The number of hydrogen-bond acceptors (Lipinski definition) is 2. The van der Waals surface area contributed by atoms with Crippen LogP contribution in [0, 0.1) is 16.7 Å². The molecule has 3 heteroatoms. The molecule has 4 aliphatic rings. The topological polar surface area (TPSA) is 26.3 Å². The van der Waals surface area contributed by atoms with E-state index in [4.69, 9.17) is 4.74 Å². The number of carbonyl (C=O) groups excluding carboxylic acids is 1. The molecule has 0 aromatic heterocycles. The third kappa shape index (κ3) is 0.797. The predicted molar refractivity (Wildman–Crippen MR) is 63.7 cm³/mol. The number of rotatable bonds is 0. The van der Waals surface area contributed by atoms with Gasteiger partial charge in [-0.2, -0.15) is 0 Å². The summed E-state index contributed by atoms with van der Waals surface area (Å²) >= 11 is 2.48. The third-order valence-electron chi connectivity index (χ3n) is 5.18. The van der Waals surface area contributed by atoms with E-state index < -0.39 is 0 Å². The van der Waals surface area contributed by atoms with Gasteiger partial charge in [0.25, 0.3) is 0 Å². The molecule has 5 atom stereocenters. The van der Waals surface area contributed by atoms with Gasteiger partial charge in [-0.3, -0.25) is 4.79 Å². The van der Waals surface area contributed by atoms with Crippen molar-refractivity contribution in [2.24, 2.45) is 16.7 Å². The van der Waals surface area contributed by atoms with E-state index in [1.165, 1.54) is 6.42 Å². The lowest BCUT2D eigenvalue weighted by Crippen LogP contribution is -2.40. The van der Waals surface area contributed by atoms with Crippen molar-refractivity contribution >= 4 is 28.6 Å². The molecule has 1 spiro atoms. The van der Waals surface area contributed by atoms with Gasteiger partial charge in [-0.25, -0.2) is 0 Å². The number of ether oxygens (including phenoxy) is 1. The Bertz CT molecular complexity index is 391. The van der Waals surface area contributed by atoms with Crippen LogP contribution in [0.5, 0.6) is 0 Å². The molecule has 3 fully saturated rings. The maximum absolute atomic E-state index is 11.9. The van der Waals surface area contributed by atoms with Crippen LogP contribution in [0.1, 0.15) is 25.7 Å². The summed E-state index contributed by atoms with van der Waals surface area (Å²) in [7, 11) is 0. The van der Waals surface area contributed by atoms with Gasteiger partial charge in [-0.05, 0) is 36.5 Å². The highest BCUT2D eigenvalue weighted by atomic mass is 127. The van der Waals surface area contributed by atoms with Gasteiger partial charge < -0.3 is 4.74 Å². The van der Waals surface area contributed by atoms with Crippen LogP contribution in [0.2, 0.25) is 0 Å². The highest BCUT2D eigenvalue weighted by Gasteiger charge is 2.83. The van der Waals surface area contributed by atoms with Crippen molar-refractivity contribution in [3.05, 3.63) is 12.2 Å². The highest BCUT2D eigenvalue weighted by molar-refractivity contribution is 14.1. The first-order valence-electron chi connectivity index (χ1n) is 5.69. The summed E-state index contributed by atoms with van der Waals surface area (Å²) < 4.78 is 6.09. The predicted octanol–water partition coefficient (Wildman–Crippen LogP) is 2.46. The lowest BCUT2D eigenvalue weighted by atomic mass is 9.72. The van der Waals surface area contributed by atoms with Gasteiger partial charge in [0.15, 0.2) is 0 Å². The fourth-order valence-corrected chi connectivity index (χ4v) is 5.71. The molecule has 1 saturated heterocycles. The number of halogens is 1. The van der Waals surface area contributed by atoms with E-state index in [0.29, 0.717) is 14.8 Å². The van der Waals surface area contributed by atoms with Gasteiger partial charge in [0.2, 0.25) is 0 Å². The molecule has 2 nitrogen and oxygen atoms in total. The van der Waals surface area contributed by atoms with Crippen molar-refractivity contribution in [1.82, 2.24) is 0 Å². The number of alkyl halides is 1. The summed E-state index contributed by atoms with van der Waals surface area (Å²) in [6.45, 7) is 0. The standard InChI is InChI=1S/C12H13IO2/c13-7-5-11-3-1-2-4-12(11)6-8(7)15-10(14)9(11)12/h1-2,7-9H,3-6H2/t7-,8+,9+,11+,12-/m1/s1. The van der Waals surface area contributed by atoms with Crippen molar-refractivity contribution in [2.45, 2.75) is 35.7 Å². The summed E-state index contributed by atoms with van der Waals surface area (Å²) in [5.74, 6) is 0.338. The number of hydrogen-bond donors (Lipinski definition) is 0. The quantitative estimate of drug-likeness (QED) is 0.297. The average molecular weight is 316 g/mol. The minimum Gasteiger partial charge on any atom is -0.461 e. The fourth-order valence-electron chi connectivity index (χ4n) is 4.53. The molecule has 15 heavy (non-hydrogen) atoms. The van der Waals surface area contributed by atoms with E-state index in [9.17, 15) is 4.79 Å². The molecule has 0 amide bonds. The second-order valence-electron chi connectivity index (χ2n) is 5.52. The molecule has 0 radical (unpaired) electrons. The van der Waals surface area contributed by atoms with E-state index in [-0.39, 0.29) is 18.0 Å². The van der Waals surface area contributed by atoms with E-state index in [2.05, 4.69) is 34.7 Å². The number of allylic oxidation sites excluding steroid dienone is 2. The van der Waals surface area contributed by atoms with Crippen molar-refractivity contribution in [2.75, 3.05) is 0 Å². The zero-order chi connectivity index (χ0) is 10.3. The molecule has 2 bridgehead atoms. The minimum absolute atomic E-state index is 0.106. The largest absolute Gasteiger partial charge is 0.461 e. The van der Waals surface area contributed by atoms with Gasteiger partial charge in [-0.15, -0.1) is 0 Å². The lowest BCUT2D eigenvalue weighted by molar-refractivity contribution is -0.157. The van der Waals surface area contributed by atoms with E-state index in [1.54, 1.807) is 0 Å². The lowest BCUT2D eigenvalue weighted by Gasteiger charge is -2.39. The Morgan fingerprint density at radius 1 is 1.27 bits per heavy atom. The molecule has 1 heterocycles. The van der Waals surface area contributed by atoms with E-state index in [1.807, 2.05) is 0 Å². The number of fused-ring (bicyclic) bond motifs is 1. The first kappa shape index (κ1) is 9.02. The van der Waals surface area contributed by atoms with Crippen LogP contribution in [0.25, 0.3) is 0 Å². The Kier molecular flexibility index (Phi) is 1.47. The molecule has 3 aliphatic carbocycles. The van der Waals surface area contributed by atoms with Crippen LogP contribution in [0.15, 0.2) is 12.2 Å². The molecule has 0 aromatic carbocycles. The molecular weight excluding hydrogens is 303 g/mol. The maximum Gasteiger partial charge on any atom is 0.310 e. The third-order valence-corrected chi connectivity index (χ3v) is 6.42. The second-order valence-corrected chi connectivity index (χ2v) is 7.12. The Balaban J connectivity index is 1.87. The minimum atomic E-state index is 0.106. The average Bonchev–Trinajstić information content (AvgIpc) is 2.83. The molecule has 4 rings (SSSR count). The second kappa shape index (κ2) is 2.44. The SMILES string of the molecule is O=C1O[C@H]2C[C@@]34CC=CC[C@]3(C[C@H]2I)[C@H]14. The van der Waals surface area contributed by atoms with Crippen LogP contribution in [0.3, 0.4) is 0 Å². The Hall–Kier alpha value is -0.0600. The van der Waals surface area contributed by atoms with Crippen LogP contribution in [-0.2, 0) is 9.53 Å². The summed E-state index contributed by atoms with van der Waals surface area (Å²) in [6, 6.07) is 0. The van der Waals surface area contributed by atoms with Gasteiger partial charge in [0.1, 0.15) is 6.10 Å². The van der Waals surface area contributed by atoms with Crippen LogP contribution < -0.4 is 0 Å². The zero-order valence-electron chi connectivity index (χ0n) is 8.41. The number of carbonyl (C=O) groups is 1. The van der Waals surface area contributed by atoms with Gasteiger partial charge in [-0.1, -0.05) is 34.7 Å². The monoisotopic (exact) mass is 316 g/mol. The summed E-state index contributed by atoms with van der Waals surface area (Å²) in [5.41, 5.74) is 0.626. The molecule has 1 aliphatic heterocycles.